The Morgan fingerprint density at radius 3 is 2.23 bits per heavy atom. The first-order valence-electron chi connectivity index (χ1n) is 16.2. The largest absolute Gasteiger partial charge is 0.506 e. The minimum atomic E-state index is -0.625. The van der Waals surface area contributed by atoms with E-state index in [9.17, 15) is 9.90 Å². The van der Waals surface area contributed by atoms with Gasteiger partial charge in [0, 0.05) is 17.2 Å². The second-order valence-corrected chi connectivity index (χ2v) is 14.4. The smallest absolute Gasteiger partial charge is 0.345 e. The number of rotatable bonds is 11. The number of amides is 1. The first-order valence-corrected chi connectivity index (χ1v) is 16.2. The molecule has 1 heterocycles. The van der Waals surface area contributed by atoms with Crippen molar-refractivity contribution in [3.63, 3.8) is 0 Å². The highest BCUT2D eigenvalue weighted by Crippen LogP contribution is 2.38. The van der Waals surface area contributed by atoms with Gasteiger partial charge in [0.1, 0.15) is 17.2 Å². The fraction of sp³-hybridized carbons (Fsp3) is 0.368. The van der Waals surface area contributed by atoms with Crippen LogP contribution in [-0.2, 0) is 12.8 Å². The number of carbonyl (C=O) groups excluding carboxylic acids is 1. The minimum Gasteiger partial charge on any atom is -0.506 e. The standard InChI is InChI=1S/C38H45N5O4/c1-8-14-33(46-31-20-19-25(23-37(2,3)4)21-26(31)24-38(5,6)7)39-35(45)30-22-32(28-17-12-13-18-29(28)34(30)44)47-36-40-41-42-43(36)27-15-10-9-11-16-27/h9-13,15-22,33,44H,8,14,23-24H2,1-7H3,(H,39,45). The minimum absolute atomic E-state index is 0.0372. The van der Waals surface area contributed by atoms with Crippen molar-refractivity contribution < 1.29 is 19.4 Å². The third-order valence-electron chi connectivity index (χ3n) is 7.56. The van der Waals surface area contributed by atoms with Crippen molar-refractivity contribution in [2.75, 3.05) is 0 Å². The molecular formula is C38H45N5O4. The molecule has 5 aromatic rings. The van der Waals surface area contributed by atoms with Crippen LogP contribution in [0.25, 0.3) is 16.5 Å². The van der Waals surface area contributed by atoms with E-state index < -0.39 is 12.1 Å². The summed E-state index contributed by atoms with van der Waals surface area (Å²) >= 11 is 0. The molecule has 0 bridgehead atoms. The summed E-state index contributed by atoms with van der Waals surface area (Å²) in [6.45, 7) is 15.4. The number of aromatic hydroxyl groups is 1. The predicted octanol–water partition coefficient (Wildman–Crippen LogP) is 8.43. The van der Waals surface area contributed by atoms with E-state index in [1.54, 1.807) is 12.1 Å². The number of para-hydroxylation sites is 1. The average Bonchev–Trinajstić information content (AvgIpc) is 3.47. The molecule has 0 fully saturated rings. The van der Waals surface area contributed by atoms with Crippen molar-refractivity contribution in [3.05, 3.63) is 95.6 Å². The summed E-state index contributed by atoms with van der Waals surface area (Å²) in [6.07, 6.45) is 2.50. The SMILES string of the molecule is CCCC(NC(=O)c1cc(Oc2nnnn2-c2ccccc2)c2ccccc2c1O)Oc1ccc(CC(C)(C)C)cc1CC(C)(C)C. The zero-order valence-corrected chi connectivity index (χ0v) is 28.4. The van der Waals surface area contributed by atoms with E-state index in [4.69, 9.17) is 9.47 Å². The number of nitrogens with one attached hydrogen (secondary N) is 1. The third kappa shape index (κ3) is 8.47. The van der Waals surface area contributed by atoms with Crippen molar-refractivity contribution in [1.82, 2.24) is 25.5 Å². The molecule has 0 aliphatic carbocycles. The Hall–Kier alpha value is -4.92. The quantitative estimate of drug-likeness (QED) is 0.140. The molecule has 9 heteroatoms. The van der Waals surface area contributed by atoms with Gasteiger partial charge in [-0.05, 0) is 69.5 Å². The molecule has 0 saturated heterocycles. The van der Waals surface area contributed by atoms with E-state index >= 15 is 0 Å². The number of ether oxygens (including phenoxy) is 2. The Kier molecular flexibility index (Phi) is 9.84. The predicted molar refractivity (Wildman–Crippen MR) is 184 cm³/mol. The maximum absolute atomic E-state index is 13.9. The maximum atomic E-state index is 13.9. The van der Waals surface area contributed by atoms with E-state index in [0.717, 1.165) is 30.6 Å². The molecule has 1 amide bonds. The number of benzene rings is 4. The molecule has 1 atom stereocenters. The van der Waals surface area contributed by atoms with Crippen LogP contribution in [0.5, 0.6) is 23.3 Å². The molecule has 4 aromatic carbocycles. The number of aromatic nitrogens is 4. The average molecular weight is 636 g/mol. The summed E-state index contributed by atoms with van der Waals surface area (Å²) in [6, 6.07) is 24.6. The number of phenols is 1. The molecule has 0 radical (unpaired) electrons. The number of hydrogen-bond donors (Lipinski definition) is 2. The van der Waals surface area contributed by atoms with Gasteiger partial charge in [-0.2, -0.15) is 4.68 Å². The fourth-order valence-corrected chi connectivity index (χ4v) is 5.64. The highest BCUT2D eigenvalue weighted by molar-refractivity contribution is 6.06. The number of tetrazole rings is 1. The van der Waals surface area contributed by atoms with E-state index in [0.29, 0.717) is 28.6 Å². The molecule has 5 rings (SSSR count). The summed E-state index contributed by atoms with van der Waals surface area (Å²) in [5.41, 5.74) is 3.32. The molecule has 0 aliphatic rings. The summed E-state index contributed by atoms with van der Waals surface area (Å²) in [5.74, 6) is 0.436. The Labute approximate surface area is 276 Å². The van der Waals surface area contributed by atoms with Gasteiger partial charge in [-0.1, -0.05) is 115 Å². The number of fused-ring (bicyclic) bond motifs is 1. The van der Waals surface area contributed by atoms with Crippen LogP contribution >= 0.6 is 0 Å². The van der Waals surface area contributed by atoms with Gasteiger partial charge >= 0.3 is 6.01 Å². The molecule has 0 aliphatic heterocycles. The molecular weight excluding hydrogens is 590 g/mol. The summed E-state index contributed by atoms with van der Waals surface area (Å²) < 4.78 is 14.2. The zero-order chi connectivity index (χ0) is 33.8. The Bertz CT molecular complexity index is 1840. The zero-order valence-electron chi connectivity index (χ0n) is 28.4. The Balaban J connectivity index is 1.46. The molecule has 0 saturated carbocycles. The molecule has 1 unspecified atom stereocenters. The molecule has 9 nitrogen and oxygen atoms in total. The normalized spacial score (nSPS) is 12.6. The van der Waals surface area contributed by atoms with Gasteiger partial charge in [0.05, 0.1) is 11.3 Å². The lowest BCUT2D eigenvalue weighted by atomic mass is 9.84. The highest BCUT2D eigenvalue weighted by atomic mass is 16.5. The Morgan fingerprint density at radius 2 is 1.55 bits per heavy atom. The van der Waals surface area contributed by atoms with Gasteiger partial charge in [0.25, 0.3) is 5.91 Å². The van der Waals surface area contributed by atoms with Crippen molar-refractivity contribution in [1.29, 1.82) is 0 Å². The van der Waals surface area contributed by atoms with E-state index in [1.165, 1.54) is 16.3 Å². The van der Waals surface area contributed by atoms with Crippen LogP contribution in [0.2, 0.25) is 0 Å². The molecule has 246 valence electrons. The molecule has 2 N–H and O–H groups in total. The van der Waals surface area contributed by atoms with Crippen LogP contribution in [0, 0.1) is 10.8 Å². The number of hydrogen-bond acceptors (Lipinski definition) is 7. The van der Waals surface area contributed by atoms with Gasteiger partial charge < -0.3 is 19.9 Å². The first-order chi connectivity index (χ1) is 22.3. The molecule has 1 aromatic heterocycles. The second kappa shape index (κ2) is 13.8. The summed E-state index contributed by atoms with van der Waals surface area (Å²) in [7, 11) is 0. The fourth-order valence-electron chi connectivity index (χ4n) is 5.64. The number of carbonyl (C=O) groups is 1. The molecule has 0 spiro atoms. The topological polar surface area (TPSA) is 111 Å². The van der Waals surface area contributed by atoms with Gasteiger partial charge in [-0.25, -0.2) is 0 Å². The van der Waals surface area contributed by atoms with E-state index in [2.05, 4.69) is 74.5 Å². The lowest BCUT2D eigenvalue weighted by Gasteiger charge is -2.26. The van der Waals surface area contributed by atoms with Crippen LogP contribution < -0.4 is 14.8 Å². The van der Waals surface area contributed by atoms with Crippen LogP contribution in [-0.4, -0.2) is 37.4 Å². The Morgan fingerprint density at radius 1 is 0.872 bits per heavy atom. The van der Waals surface area contributed by atoms with Crippen LogP contribution in [0.1, 0.15) is 82.8 Å². The van der Waals surface area contributed by atoms with Gasteiger partial charge in [0.2, 0.25) is 0 Å². The maximum Gasteiger partial charge on any atom is 0.345 e. The third-order valence-corrected chi connectivity index (χ3v) is 7.56. The van der Waals surface area contributed by atoms with Crippen LogP contribution in [0.15, 0.2) is 78.9 Å². The van der Waals surface area contributed by atoms with Gasteiger partial charge in [-0.15, -0.1) is 0 Å². The van der Waals surface area contributed by atoms with E-state index in [1.807, 2.05) is 55.5 Å². The number of nitrogens with zero attached hydrogens (tertiary/aromatic N) is 4. The van der Waals surface area contributed by atoms with Crippen molar-refractivity contribution >= 4 is 16.7 Å². The van der Waals surface area contributed by atoms with Gasteiger partial charge in [0.15, 0.2) is 6.23 Å². The van der Waals surface area contributed by atoms with Crippen molar-refractivity contribution in [3.8, 4) is 28.9 Å². The number of phenolic OH excluding ortho intramolecular Hbond substituents is 1. The van der Waals surface area contributed by atoms with Crippen LogP contribution in [0.4, 0.5) is 0 Å². The monoisotopic (exact) mass is 635 g/mol. The van der Waals surface area contributed by atoms with Crippen molar-refractivity contribution in [2.45, 2.75) is 80.4 Å². The lowest BCUT2D eigenvalue weighted by molar-refractivity contribution is 0.0808. The highest BCUT2D eigenvalue weighted by Gasteiger charge is 2.24. The van der Waals surface area contributed by atoms with Crippen LogP contribution in [0.3, 0.4) is 0 Å². The second-order valence-electron chi connectivity index (χ2n) is 14.4. The lowest BCUT2D eigenvalue weighted by Crippen LogP contribution is -2.39. The molecule has 47 heavy (non-hydrogen) atoms. The summed E-state index contributed by atoms with van der Waals surface area (Å²) in [4.78, 5) is 13.9. The van der Waals surface area contributed by atoms with Crippen molar-refractivity contribution in [2.24, 2.45) is 10.8 Å². The first kappa shape index (κ1) is 33.4. The van der Waals surface area contributed by atoms with Gasteiger partial charge in [-0.3, -0.25) is 4.79 Å². The van der Waals surface area contributed by atoms with E-state index in [-0.39, 0.29) is 28.2 Å². The summed E-state index contributed by atoms with van der Waals surface area (Å²) in [5, 5.41) is 27.4.